The predicted octanol–water partition coefficient (Wildman–Crippen LogP) is 3.04. The van der Waals surface area contributed by atoms with E-state index in [9.17, 15) is 14.4 Å². The molecule has 2 N–H and O–H groups in total. The third-order valence-electron chi connectivity index (χ3n) is 4.48. The highest BCUT2D eigenvalue weighted by Crippen LogP contribution is 2.23. The first-order valence-corrected chi connectivity index (χ1v) is 9.39. The average Bonchev–Trinajstić information content (AvgIpc) is 2.61. The number of hydrogen-bond donors (Lipinski definition) is 2. The molecule has 0 aromatic heterocycles. The highest BCUT2D eigenvalue weighted by molar-refractivity contribution is 5.97. The number of hydrogen-bond acceptors (Lipinski definition) is 5. The first-order chi connectivity index (χ1) is 12.8. The third-order valence-corrected chi connectivity index (χ3v) is 4.48. The number of carbonyl (C=O) groups is 3. The van der Waals surface area contributed by atoms with Crippen molar-refractivity contribution in [2.24, 2.45) is 5.92 Å². The summed E-state index contributed by atoms with van der Waals surface area (Å²) < 4.78 is 10.5. The van der Waals surface area contributed by atoms with Gasteiger partial charge < -0.3 is 14.8 Å². The molecular weight excluding hydrogens is 348 g/mol. The minimum Gasteiger partial charge on any atom is -0.491 e. The molecule has 0 heterocycles. The van der Waals surface area contributed by atoms with E-state index in [1.807, 2.05) is 13.8 Å². The molecule has 1 aliphatic rings. The summed E-state index contributed by atoms with van der Waals surface area (Å²) in [6.07, 6.45) is 4.25. The van der Waals surface area contributed by atoms with Crippen molar-refractivity contribution in [3.63, 3.8) is 0 Å². The first kappa shape index (κ1) is 20.7. The summed E-state index contributed by atoms with van der Waals surface area (Å²) in [6.45, 7) is 5.39. The normalized spacial score (nSPS) is 19.3. The number of amides is 3. The Hall–Kier alpha value is -2.57. The lowest BCUT2D eigenvalue weighted by atomic mass is 9.86. The molecule has 0 unspecified atom stereocenters. The van der Waals surface area contributed by atoms with Crippen LogP contribution < -0.4 is 15.4 Å². The second-order valence-corrected chi connectivity index (χ2v) is 7.16. The van der Waals surface area contributed by atoms with E-state index in [2.05, 4.69) is 17.6 Å². The monoisotopic (exact) mass is 376 g/mol. The predicted molar refractivity (Wildman–Crippen MR) is 101 cm³/mol. The molecule has 7 heteroatoms. The van der Waals surface area contributed by atoms with Crippen molar-refractivity contribution in [2.75, 3.05) is 6.61 Å². The van der Waals surface area contributed by atoms with Crippen molar-refractivity contribution in [1.29, 1.82) is 0 Å². The van der Waals surface area contributed by atoms with E-state index in [0.717, 1.165) is 19.3 Å². The van der Waals surface area contributed by atoms with Gasteiger partial charge in [-0.3, -0.25) is 10.1 Å². The smallest absolute Gasteiger partial charge is 0.338 e. The topological polar surface area (TPSA) is 93.7 Å². The molecule has 0 radical (unpaired) electrons. The molecule has 3 amide bonds. The van der Waals surface area contributed by atoms with Crippen molar-refractivity contribution in [3.8, 4) is 5.75 Å². The van der Waals surface area contributed by atoms with Gasteiger partial charge in [0.25, 0.3) is 5.91 Å². The number of imide groups is 1. The van der Waals surface area contributed by atoms with E-state index in [4.69, 9.17) is 9.47 Å². The minimum absolute atomic E-state index is 0.0363. The van der Waals surface area contributed by atoms with E-state index in [1.165, 1.54) is 6.42 Å². The van der Waals surface area contributed by atoms with E-state index in [0.29, 0.717) is 17.2 Å². The molecule has 1 aliphatic carbocycles. The van der Waals surface area contributed by atoms with Crippen molar-refractivity contribution in [1.82, 2.24) is 10.6 Å². The molecule has 2 atom stereocenters. The van der Waals surface area contributed by atoms with Crippen LogP contribution in [-0.2, 0) is 9.53 Å². The van der Waals surface area contributed by atoms with Crippen molar-refractivity contribution in [3.05, 3.63) is 29.8 Å². The second kappa shape index (κ2) is 9.94. The van der Waals surface area contributed by atoms with Crippen LogP contribution in [0.3, 0.4) is 0 Å². The van der Waals surface area contributed by atoms with Crippen LogP contribution in [0, 0.1) is 5.92 Å². The maximum Gasteiger partial charge on any atom is 0.338 e. The lowest BCUT2D eigenvalue weighted by Gasteiger charge is -2.29. The zero-order valence-corrected chi connectivity index (χ0v) is 16.1. The Morgan fingerprint density at radius 3 is 2.41 bits per heavy atom. The molecule has 1 fully saturated rings. The Kier molecular flexibility index (Phi) is 7.64. The van der Waals surface area contributed by atoms with Crippen LogP contribution in [0.2, 0.25) is 0 Å². The maximum atomic E-state index is 12.0. The fourth-order valence-corrected chi connectivity index (χ4v) is 3.05. The van der Waals surface area contributed by atoms with Gasteiger partial charge in [0.15, 0.2) is 6.61 Å². The molecule has 1 aromatic carbocycles. The zero-order valence-electron chi connectivity index (χ0n) is 16.1. The van der Waals surface area contributed by atoms with Gasteiger partial charge in [-0.25, -0.2) is 9.59 Å². The number of carbonyl (C=O) groups excluding carboxylic acids is 3. The van der Waals surface area contributed by atoms with Crippen LogP contribution >= 0.6 is 0 Å². The quantitative estimate of drug-likeness (QED) is 0.744. The summed E-state index contributed by atoms with van der Waals surface area (Å²) in [4.78, 5) is 35.7. The second-order valence-electron chi connectivity index (χ2n) is 7.16. The van der Waals surface area contributed by atoms with Crippen LogP contribution in [0.5, 0.6) is 5.75 Å². The van der Waals surface area contributed by atoms with E-state index >= 15 is 0 Å². The van der Waals surface area contributed by atoms with E-state index in [1.54, 1.807) is 24.3 Å². The molecular formula is C20H28N2O5. The Morgan fingerprint density at radius 2 is 1.78 bits per heavy atom. The summed E-state index contributed by atoms with van der Waals surface area (Å²) >= 11 is 0. The molecule has 1 saturated carbocycles. The minimum atomic E-state index is -0.663. The SMILES string of the molecule is CC(C)Oc1ccc(C(=O)OCC(=O)NC(=O)N[C@@H]2CCCC[C@@H]2C)cc1. The number of nitrogens with one attached hydrogen (secondary N) is 2. The highest BCUT2D eigenvalue weighted by atomic mass is 16.5. The van der Waals surface area contributed by atoms with Gasteiger partial charge in [-0.15, -0.1) is 0 Å². The van der Waals surface area contributed by atoms with Crippen LogP contribution in [0.1, 0.15) is 56.8 Å². The van der Waals surface area contributed by atoms with Crippen LogP contribution in [-0.4, -0.2) is 36.7 Å². The fraction of sp³-hybridized carbons (Fsp3) is 0.550. The summed E-state index contributed by atoms with van der Waals surface area (Å²) in [5.41, 5.74) is 0.305. The highest BCUT2D eigenvalue weighted by Gasteiger charge is 2.23. The van der Waals surface area contributed by atoms with Crippen molar-refractivity contribution in [2.45, 2.75) is 58.6 Å². The zero-order chi connectivity index (χ0) is 19.8. The largest absolute Gasteiger partial charge is 0.491 e. The molecule has 0 saturated heterocycles. The number of rotatable bonds is 6. The summed E-state index contributed by atoms with van der Waals surface area (Å²) in [6, 6.07) is 5.97. The number of esters is 1. The van der Waals surface area contributed by atoms with Gasteiger partial charge in [-0.2, -0.15) is 0 Å². The van der Waals surface area contributed by atoms with Crippen molar-refractivity contribution >= 4 is 17.9 Å². The molecule has 27 heavy (non-hydrogen) atoms. The molecule has 0 bridgehead atoms. The number of benzene rings is 1. The lowest BCUT2D eigenvalue weighted by molar-refractivity contribution is -0.123. The van der Waals surface area contributed by atoms with Crippen LogP contribution in [0.4, 0.5) is 4.79 Å². The standard InChI is InChI=1S/C20H28N2O5/c1-13(2)27-16-10-8-15(9-11-16)19(24)26-12-18(23)22-20(25)21-17-7-5-4-6-14(17)3/h8-11,13-14,17H,4-7,12H2,1-3H3,(H2,21,22,23,25)/t14-,17+/m0/s1. The molecule has 7 nitrogen and oxygen atoms in total. The molecule has 0 aliphatic heterocycles. The van der Waals surface area contributed by atoms with Gasteiger partial charge in [0.1, 0.15) is 5.75 Å². The lowest BCUT2D eigenvalue weighted by Crippen LogP contribution is -2.48. The van der Waals surface area contributed by atoms with E-state index < -0.39 is 24.5 Å². The number of urea groups is 1. The van der Waals surface area contributed by atoms with Crippen LogP contribution in [0.15, 0.2) is 24.3 Å². The Bertz CT molecular complexity index is 657. The molecule has 1 aromatic rings. The average molecular weight is 376 g/mol. The van der Waals surface area contributed by atoms with Crippen LogP contribution in [0.25, 0.3) is 0 Å². The molecule has 2 rings (SSSR count). The summed E-state index contributed by atoms with van der Waals surface area (Å²) in [7, 11) is 0. The fourth-order valence-electron chi connectivity index (χ4n) is 3.05. The summed E-state index contributed by atoms with van der Waals surface area (Å²) in [5, 5.41) is 5.01. The van der Waals surface area contributed by atoms with Crippen molar-refractivity contribution < 1.29 is 23.9 Å². The van der Waals surface area contributed by atoms with Gasteiger partial charge >= 0.3 is 12.0 Å². The molecule has 0 spiro atoms. The summed E-state index contributed by atoms with van der Waals surface area (Å²) in [5.74, 6) is -0.264. The number of ether oxygens (including phenoxy) is 2. The van der Waals surface area contributed by atoms with Gasteiger partial charge in [-0.1, -0.05) is 19.8 Å². The van der Waals surface area contributed by atoms with Gasteiger partial charge in [0, 0.05) is 6.04 Å². The first-order valence-electron chi connectivity index (χ1n) is 9.39. The Balaban J connectivity index is 1.74. The van der Waals surface area contributed by atoms with Gasteiger partial charge in [-0.05, 0) is 56.9 Å². The molecule has 148 valence electrons. The Labute approximate surface area is 159 Å². The third kappa shape index (κ3) is 6.92. The van der Waals surface area contributed by atoms with Gasteiger partial charge in [0.2, 0.25) is 0 Å². The maximum absolute atomic E-state index is 12.0. The van der Waals surface area contributed by atoms with E-state index in [-0.39, 0.29) is 12.1 Å². The Morgan fingerprint density at radius 1 is 1.11 bits per heavy atom. The van der Waals surface area contributed by atoms with Gasteiger partial charge in [0.05, 0.1) is 11.7 Å².